The number of tetrazole rings is 1. The molecule has 1 unspecified atom stereocenters. The number of ether oxygens (including phenoxy) is 1. The normalized spacial score (nSPS) is 21.4. The number of carbonyl (C=O) groups is 1. The van der Waals surface area contributed by atoms with Crippen LogP contribution in [0.5, 0.6) is 0 Å². The molecule has 1 saturated heterocycles. The van der Waals surface area contributed by atoms with E-state index in [2.05, 4.69) is 20.6 Å². The Morgan fingerprint density at radius 1 is 1.58 bits per heavy atom. The third-order valence-electron chi connectivity index (χ3n) is 2.98. The van der Waals surface area contributed by atoms with E-state index in [-0.39, 0.29) is 23.4 Å². The molecular formula is C9H15N5O4S. The van der Waals surface area contributed by atoms with E-state index in [9.17, 15) is 13.2 Å². The monoisotopic (exact) mass is 289 g/mol. The lowest BCUT2D eigenvalue weighted by Gasteiger charge is -2.26. The van der Waals surface area contributed by atoms with Gasteiger partial charge in [-0.15, -0.1) is 10.2 Å². The van der Waals surface area contributed by atoms with Gasteiger partial charge in [0.15, 0.2) is 9.84 Å². The van der Waals surface area contributed by atoms with Gasteiger partial charge in [-0.3, -0.25) is 4.79 Å². The summed E-state index contributed by atoms with van der Waals surface area (Å²) in [5, 5.41) is 12.8. The molecule has 1 aromatic rings. The molecule has 1 N–H and O–H groups in total. The van der Waals surface area contributed by atoms with Gasteiger partial charge >= 0.3 is 0 Å². The Hall–Kier alpha value is -1.55. The van der Waals surface area contributed by atoms with Crippen LogP contribution in [0.4, 0.5) is 0 Å². The lowest BCUT2D eigenvalue weighted by atomic mass is 10.2. The highest BCUT2D eigenvalue weighted by molar-refractivity contribution is 7.91. The average Bonchev–Trinajstić information content (AvgIpc) is 2.99. The molecule has 1 amide bonds. The lowest BCUT2D eigenvalue weighted by molar-refractivity contribution is 0.0612. The molecule has 1 aliphatic heterocycles. The van der Waals surface area contributed by atoms with Crippen LogP contribution < -0.4 is 0 Å². The van der Waals surface area contributed by atoms with Gasteiger partial charge in [-0.1, -0.05) is 0 Å². The lowest BCUT2D eigenvalue weighted by Crippen LogP contribution is -2.43. The number of aromatic nitrogens is 4. The first-order valence-electron chi connectivity index (χ1n) is 5.77. The number of sulfone groups is 1. The molecule has 19 heavy (non-hydrogen) atoms. The van der Waals surface area contributed by atoms with Crippen molar-refractivity contribution in [2.75, 3.05) is 31.8 Å². The number of methoxy groups -OCH3 is 1. The summed E-state index contributed by atoms with van der Waals surface area (Å²) in [7, 11) is -1.55. The van der Waals surface area contributed by atoms with E-state index in [1.807, 2.05) is 0 Å². The van der Waals surface area contributed by atoms with Crippen LogP contribution in [0.15, 0.2) is 0 Å². The number of nitrogens with zero attached hydrogens (tertiary/aromatic N) is 4. The zero-order chi connectivity index (χ0) is 13.9. The summed E-state index contributed by atoms with van der Waals surface area (Å²) in [6, 6.07) is -0.355. The fourth-order valence-corrected chi connectivity index (χ4v) is 3.77. The summed E-state index contributed by atoms with van der Waals surface area (Å²) in [5.74, 6) is -0.436. The number of hydrogen-bond acceptors (Lipinski definition) is 7. The van der Waals surface area contributed by atoms with E-state index in [1.165, 1.54) is 12.0 Å². The van der Waals surface area contributed by atoms with Gasteiger partial charge in [-0.25, -0.2) is 8.42 Å². The van der Waals surface area contributed by atoms with Crippen LogP contribution >= 0.6 is 0 Å². The van der Waals surface area contributed by atoms with Crippen LogP contribution in [0.2, 0.25) is 0 Å². The largest absolute Gasteiger partial charge is 0.383 e. The van der Waals surface area contributed by atoms with E-state index in [0.29, 0.717) is 19.6 Å². The SMILES string of the molecule is COCCN(C(=O)c1nn[nH]n1)C1CCS(=O)(=O)C1. The Morgan fingerprint density at radius 3 is 2.89 bits per heavy atom. The first-order chi connectivity index (χ1) is 9.03. The Bertz CT molecular complexity index is 529. The molecule has 106 valence electrons. The Balaban J connectivity index is 2.14. The summed E-state index contributed by atoms with van der Waals surface area (Å²) < 4.78 is 28.0. The molecule has 0 aromatic carbocycles. The Kier molecular flexibility index (Phi) is 4.10. The molecule has 0 aliphatic carbocycles. The number of amides is 1. The predicted molar refractivity (Wildman–Crippen MR) is 64.1 cm³/mol. The van der Waals surface area contributed by atoms with Crippen molar-refractivity contribution in [3.8, 4) is 0 Å². The minimum atomic E-state index is -3.07. The van der Waals surface area contributed by atoms with Gasteiger partial charge in [-0.05, 0) is 11.6 Å². The molecule has 1 fully saturated rings. The van der Waals surface area contributed by atoms with E-state index in [1.54, 1.807) is 0 Å². The van der Waals surface area contributed by atoms with Crippen LogP contribution in [0.25, 0.3) is 0 Å². The van der Waals surface area contributed by atoms with Crippen molar-refractivity contribution in [2.24, 2.45) is 0 Å². The van der Waals surface area contributed by atoms with Gasteiger partial charge in [0, 0.05) is 19.7 Å². The number of hydrogen-bond donors (Lipinski definition) is 1. The smallest absolute Gasteiger partial charge is 0.295 e. The maximum absolute atomic E-state index is 12.2. The number of carbonyl (C=O) groups excluding carboxylic acids is 1. The second kappa shape index (κ2) is 5.61. The Morgan fingerprint density at radius 2 is 2.37 bits per heavy atom. The zero-order valence-corrected chi connectivity index (χ0v) is 11.3. The van der Waals surface area contributed by atoms with Gasteiger partial charge in [0.05, 0.1) is 18.1 Å². The molecule has 1 atom stereocenters. The number of rotatable bonds is 5. The van der Waals surface area contributed by atoms with Crippen LogP contribution in [0.3, 0.4) is 0 Å². The van der Waals surface area contributed by atoms with E-state index < -0.39 is 15.7 Å². The van der Waals surface area contributed by atoms with Crippen LogP contribution in [-0.2, 0) is 14.6 Å². The van der Waals surface area contributed by atoms with Gasteiger partial charge < -0.3 is 9.64 Å². The maximum atomic E-state index is 12.2. The predicted octanol–water partition coefficient (Wildman–Crippen LogP) is -1.52. The van der Waals surface area contributed by atoms with Gasteiger partial charge in [0.25, 0.3) is 11.7 Å². The molecule has 0 spiro atoms. The summed E-state index contributed by atoms with van der Waals surface area (Å²) in [4.78, 5) is 13.6. The highest BCUT2D eigenvalue weighted by Gasteiger charge is 2.35. The third-order valence-corrected chi connectivity index (χ3v) is 4.73. The van der Waals surface area contributed by atoms with E-state index in [0.717, 1.165) is 0 Å². The molecule has 0 radical (unpaired) electrons. The van der Waals surface area contributed by atoms with Gasteiger partial charge in [-0.2, -0.15) is 5.21 Å². The molecule has 0 bridgehead atoms. The van der Waals surface area contributed by atoms with Crippen molar-refractivity contribution in [3.05, 3.63) is 5.82 Å². The first-order valence-corrected chi connectivity index (χ1v) is 7.59. The second-order valence-corrected chi connectivity index (χ2v) is 6.51. The van der Waals surface area contributed by atoms with E-state index in [4.69, 9.17) is 4.74 Å². The van der Waals surface area contributed by atoms with Crippen molar-refractivity contribution in [1.29, 1.82) is 0 Å². The summed E-state index contributed by atoms with van der Waals surface area (Å²) in [6.45, 7) is 0.615. The van der Waals surface area contributed by atoms with Crippen molar-refractivity contribution in [2.45, 2.75) is 12.5 Å². The molecule has 1 aromatic heterocycles. The first kappa shape index (κ1) is 13.9. The minimum Gasteiger partial charge on any atom is -0.383 e. The third kappa shape index (κ3) is 3.26. The summed E-state index contributed by atoms with van der Waals surface area (Å²) in [5.41, 5.74) is 0. The van der Waals surface area contributed by atoms with Crippen molar-refractivity contribution >= 4 is 15.7 Å². The molecule has 2 heterocycles. The van der Waals surface area contributed by atoms with Crippen LogP contribution in [-0.4, -0.2) is 77.7 Å². The molecule has 0 saturated carbocycles. The molecule has 10 heteroatoms. The van der Waals surface area contributed by atoms with Crippen molar-refractivity contribution in [3.63, 3.8) is 0 Å². The zero-order valence-electron chi connectivity index (χ0n) is 10.4. The quantitative estimate of drug-likeness (QED) is 0.699. The fourth-order valence-electron chi connectivity index (χ4n) is 2.04. The topological polar surface area (TPSA) is 118 Å². The molecule has 1 aliphatic rings. The van der Waals surface area contributed by atoms with Crippen LogP contribution in [0.1, 0.15) is 17.0 Å². The number of nitrogens with one attached hydrogen (secondary N) is 1. The molecule has 2 rings (SSSR count). The summed E-state index contributed by atoms with van der Waals surface area (Å²) in [6.07, 6.45) is 0.426. The Labute approximate surface area is 110 Å². The summed E-state index contributed by atoms with van der Waals surface area (Å²) >= 11 is 0. The van der Waals surface area contributed by atoms with Crippen molar-refractivity contribution < 1.29 is 17.9 Å². The molecular weight excluding hydrogens is 274 g/mol. The van der Waals surface area contributed by atoms with Crippen LogP contribution in [0, 0.1) is 0 Å². The van der Waals surface area contributed by atoms with Gasteiger partial charge in [0.1, 0.15) is 0 Å². The second-order valence-electron chi connectivity index (χ2n) is 4.28. The van der Waals surface area contributed by atoms with Gasteiger partial charge in [0.2, 0.25) is 0 Å². The minimum absolute atomic E-state index is 0.0275. The fraction of sp³-hybridized carbons (Fsp3) is 0.778. The highest BCUT2D eigenvalue weighted by atomic mass is 32.2. The van der Waals surface area contributed by atoms with E-state index >= 15 is 0 Å². The standard InChI is InChI=1S/C9H15N5O4S/c1-18-4-3-14(7-2-5-19(16,17)6-7)9(15)8-10-12-13-11-8/h7H,2-6H2,1H3,(H,10,11,12,13). The highest BCUT2D eigenvalue weighted by Crippen LogP contribution is 2.18. The number of H-pyrrole nitrogens is 1. The number of aromatic amines is 1. The maximum Gasteiger partial charge on any atom is 0.295 e. The van der Waals surface area contributed by atoms with Crippen molar-refractivity contribution in [1.82, 2.24) is 25.5 Å². The average molecular weight is 289 g/mol. The molecule has 9 nitrogen and oxygen atoms in total.